The molecule has 1 aromatic carbocycles. The first kappa shape index (κ1) is 17.5. The summed E-state index contributed by atoms with van der Waals surface area (Å²) in [6.07, 6.45) is 2.65. The monoisotopic (exact) mass is 445 g/mol. The summed E-state index contributed by atoms with van der Waals surface area (Å²) < 4.78 is 10.7. The fourth-order valence-corrected chi connectivity index (χ4v) is 2.84. The molecule has 23 heavy (non-hydrogen) atoms. The first-order chi connectivity index (χ1) is 11.0. The van der Waals surface area contributed by atoms with E-state index in [0.717, 1.165) is 32.7 Å². The van der Waals surface area contributed by atoms with E-state index in [4.69, 9.17) is 4.74 Å². The average Bonchev–Trinajstić information content (AvgIpc) is 2.88. The summed E-state index contributed by atoms with van der Waals surface area (Å²) in [6.45, 7) is 0. The number of carbonyl (C=O) groups excluding carboxylic acids is 2. The summed E-state index contributed by atoms with van der Waals surface area (Å²) in [7, 11) is 2.84. The van der Waals surface area contributed by atoms with Gasteiger partial charge in [-0.25, -0.2) is 4.79 Å². The Morgan fingerprint density at radius 1 is 1.39 bits per heavy atom. The molecule has 1 aliphatic rings. The molecule has 0 aromatic heterocycles. The third-order valence-electron chi connectivity index (χ3n) is 2.63. The lowest BCUT2D eigenvalue weighted by molar-refractivity contribution is -0.135. The minimum absolute atomic E-state index is 0.210. The zero-order chi connectivity index (χ0) is 16.8. The van der Waals surface area contributed by atoms with Crippen molar-refractivity contribution in [3.05, 3.63) is 38.3 Å². The van der Waals surface area contributed by atoms with Crippen LogP contribution < -0.4 is 10.1 Å². The number of carbonyl (C=O) groups is 2. The molecule has 7 nitrogen and oxygen atoms in total. The molecule has 0 atom stereocenters. The maximum Gasteiger partial charge on any atom is 0.331 e. The first-order valence-corrected chi connectivity index (χ1v) is 8.16. The molecule has 120 valence electrons. The van der Waals surface area contributed by atoms with E-state index in [1.54, 1.807) is 13.3 Å². The molecule has 1 fully saturated rings. The lowest BCUT2D eigenvalue weighted by atomic mass is 10.2. The van der Waals surface area contributed by atoms with Crippen LogP contribution in [0.2, 0.25) is 0 Å². The molecule has 2 rings (SSSR count). The summed E-state index contributed by atoms with van der Waals surface area (Å²) >= 11 is 3.19. The van der Waals surface area contributed by atoms with Gasteiger partial charge in [0.1, 0.15) is 5.75 Å². The van der Waals surface area contributed by atoms with Gasteiger partial charge in [-0.1, -0.05) is 6.07 Å². The number of halogens is 1. The Balaban J connectivity index is 2.08. The lowest BCUT2D eigenvalue weighted by Gasteiger charge is -2.02. The number of hydrogen-bond acceptors (Lipinski definition) is 7. The van der Waals surface area contributed by atoms with Crippen LogP contribution in [0.5, 0.6) is 5.75 Å². The molecule has 0 aliphatic carbocycles. The molecule has 0 saturated carbocycles. The van der Waals surface area contributed by atoms with Gasteiger partial charge in [-0.2, -0.15) is 5.10 Å². The van der Waals surface area contributed by atoms with E-state index < -0.39 is 11.9 Å². The molecule has 1 amide bonds. The lowest BCUT2D eigenvalue weighted by Crippen LogP contribution is -2.19. The number of nitrogens with one attached hydrogen (secondary N) is 1. The maximum absolute atomic E-state index is 11.6. The number of hydrogen-bond donors (Lipinski definition) is 1. The highest BCUT2D eigenvalue weighted by molar-refractivity contribution is 14.1. The molecule has 1 heterocycles. The van der Waals surface area contributed by atoms with Crippen LogP contribution in [0, 0.1) is 3.57 Å². The fraction of sp³-hybridized carbons (Fsp3) is 0.143. The largest absolute Gasteiger partial charge is 0.496 e. The SMILES string of the molecule is COC(=O)/C=C1/S/C(=N\N=Cc2ccc(I)c(OC)c2)NC1=O. The topological polar surface area (TPSA) is 89.3 Å². The maximum atomic E-state index is 11.6. The number of benzene rings is 1. The quantitative estimate of drug-likeness (QED) is 0.252. The van der Waals surface area contributed by atoms with Crippen LogP contribution in [0.3, 0.4) is 0 Å². The van der Waals surface area contributed by atoms with Gasteiger partial charge in [-0.15, -0.1) is 5.10 Å². The van der Waals surface area contributed by atoms with Crippen molar-refractivity contribution in [2.45, 2.75) is 0 Å². The fourth-order valence-electron chi connectivity index (χ4n) is 1.55. The van der Waals surface area contributed by atoms with Gasteiger partial charge < -0.3 is 9.47 Å². The van der Waals surface area contributed by atoms with Crippen LogP contribution in [0.25, 0.3) is 0 Å². The zero-order valence-electron chi connectivity index (χ0n) is 12.2. The molecule has 1 N–H and O–H groups in total. The summed E-state index contributed by atoms with van der Waals surface area (Å²) in [5.74, 6) is -0.266. The number of amidine groups is 1. The number of nitrogens with zero attached hydrogens (tertiary/aromatic N) is 2. The molecule has 0 bridgehead atoms. The number of methoxy groups -OCH3 is 2. The highest BCUT2D eigenvalue weighted by Gasteiger charge is 2.24. The van der Waals surface area contributed by atoms with E-state index in [-0.39, 0.29) is 4.91 Å². The highest BCUT2D eigenvalue weighted by Crippen LogP contribution is 2.24. The summed E-state index contributed by atoms with van der Waals surface area (Å²) in [5.41, 5.74) is 0.811. The molecular formula is C14H12IN3O4S. The molecular weight excluding hydrogens is 433 g/mol. The van der Waals surface area contributed by atoms with Crippen molar-refractivity contribution in [3.63, 3.8) is 0 Å². The Morgan fingerprint density at radius 2 is 2.17 bits per heavy atom. The summed E-state index contributed by atoms with van der Waals surface area (Å²) in [5, 5.41) is 10.6. The number of esters is 1. The third kappa shape index (κ3) is 4.79. The smallest absolute Gasteiger partial charge is 0.331 e. The number of amides is 1. The van der Waals surface area contributed by atoms with Crippen molar-refractivity contribution >= 4 is 57.6 Å². The Hall–Kier alpha value is -1.88. The van der Waals surface area contributed by atoms with Crippen molar-refractivity contribution in [2.75, 3.05) is 14.2 Å². The van der Waals surface area contributed by atoms with E-state index in [9.17, 15) is 9.59 Å². The van der Waals surface area contributed by atoms with Gasteiger partial charge >= 0.3 is 5.97 Å². The molecule has 1 aromatic rings. The molecule has 1 saturated heterocycles. The second kappa shape index (κ2) is 8.11. The number of ether oxygens (including phenoxy) is 2. The van der Waals surface area contributed by atoms with Crippen LogP contribution in [-0.2, 0) is 14.3 Å². The highest BCUT2D eigenvalue weighted by atomic mass is 127. The van der Waals surface area contributed by atoms with Crippen LogP contribution >= 0.6 is 34.4 Å². The van der Waals surface area contributed by atoms with Crippen LogP contribution in [0.15, 0.2) is 39.4 Å². The van der Waals surface area contributed by atoms with Crippen molar-refractivity contribution in [1.82, 2.24) is 5.32 Å². The van der Waals surface area contributed by atoms with E-state index in [2.05, 4.69) is 42.8 Å². The van der Waals surface area contributed by atoms with Crippen molar-refractivity contribution < 1.29 is 19.1 Å². The van der Waals surface area contributed by atoms with Crippen LogP contribution in [0.4, 0.5) is 0 Å². The molecule has 0 unspecified atom stereocenters. The molecule has 9 heteroatoms. The summed E-state index contributed by atoms with van der Waals surface area (Å²) in [4.78, 5) is 23.0. The Bertz CT molecular complexity index is 731. The van der Waals surface area contributed by atoms with Gasteiger partial charge in [0.05, 0.1) is 28.9 Å². The Morgan fingerprint density at radius 3 is 2.87 bits per heavy atom. The minimum atomic E-state index is -0.599. The normalized spacial score (nSPS) is 17.8. The van der Waals surface area contributed by atoms with E-state index in [0.29, 0.717) is 5.17 Å². The average molecular weight is 445 g/mol. The Labute approximate surface area is 150 Å². The predicted molar refractivity (Wildman–Crippen MR) is 96.6 cm³/mol. The molecule has 1 aliphatic heterocycles. The van der Waals surface area contributed by atoms with E-state index in [1.165, 1.54) is 7.11 Å². The van der Waals surface area contributed by atoms with Crippen molar-refractivity contribution in [1.29, 1.82) is 0 Å². The zero-order valence-corrected chi connectivity index (χ0v) is 15.2. The second-order valence-electron chi connectivity index (χ2n) is 4.13. The first-order valence-electron chi connectivity index (χ1n) is 6.27. The number of thioether (sulfide) groups is 1. The van der Waals surface area contributed by atoms with Crippen molar-refractivity contribution in [3.8, 4) is 5.75 Å². The van der Waals surface area contributed by atoms with Gasteiger partial charge in [0.15, 0.2) is 5.17 Å². The summed E-state index contributed by atoms with van der Waals surface area (Å²) in [6, 6.07) is 5.60. The van der Waals surface area contributed by atoms with E-state index in [1.807, 2.05) is 18.2 Å². The van der Waals surface area contributed by atoms with Gasteiger partial charge in [0.25, 0.3) is 5.91 Å². The van der Waals surface area contributed by atoms with Crippen LogP contribution in [-0.4, -0.2) is 37.5 Å². The van der Waals surface area contributed by atoms with Crippen molar-refractivity contribution in [2.24, 2.45) is 10.2 Å². The standard InChI is InChI=1S/C14H12IN3O4S/c1-21-10-5-8(3-4-9(10)15)7-16-18-14-17-13(20)11(23-14)6-12(19)22-2/h3-7H,1-2H3,(H,17,18,20)/b11-6+,16-7?. The third-order valence-corrected chi connectivity index (χ3v) is 4.42. The van der Waals surface area contributed by atoms with Crippen LogP contribution in [0.1, 0.15) is 5.56 Å². The van der Waals surface area contributed by atoms with E-state index >= 15 is 0 Å². The predicted octanol–water partition coefficient (Wildman–Crippen LogP) is 1.91. The van der Waals surface area contributed by atoms with Gasteiger partial charge in [-0.05, 0) is 52.0 Å². The van der Waals surface area contributed by atoms with Gasteiger partial charge in [0.2, 0.25) is 0 Å². The second-order valence-corrected chi connectivity index (χ2v) is 6.32. The van der Waals surface area contributed by atoms with Gasteiger partial charge in [-0.3, -0.25) is 10.1 Å². The minimum Gasteiger partial charge on any atom is -0.496 e. The Kier molecular flexibility index (Phi) is 6.16. The number of rotatable bonds is 4. The van der Waals surface area contributed by atoms with Gasteiger partial charge in [0, 0.05) is 6.08 Å². The molecule has 0 spiro atoms. The molecule has 0 radical (unpaired) electrons.